The predicted octanol–water partition coefficient (Wildman–Crippen LogP) is 1.79. The van der Waals surface area contributed by atoms with Crippen LogP contribution in [0.25, 0.3) is 0 Å². The van der Waals surface area contributed by atoms with Gasteiger partial charge in [0, 0.05) is 13.1 Å². The second-order valence-corrected chi connectivity index (χ2v) is 6.30. The van der Waals surface area contributed by atoms with Gasteiger partial charge in [-0.2, -0.15) is 0 Å². The Hall–Kier alpha value is -1.30. The first-order valence-corrected chi connectivity index (χ1v) is 7.67. The molecule has 0 aromatic carbocycles. The van der Waals surface area contributed by atoms with Crippen molar-refractivity contribution >= 4 is 12.1 Å². The Kier molecular flexibility index (Phi) is 6.95. The summed E-state index contributed by atoms with van der Waals surface area (Å²) in [6, 6.07) is 0. The van der Waals surface area contributed by atoms with E-state index in [1.165, 1.54) is 0 Å². The Bertz CT molecular complexity index is 344. The van der Waals surface area contributed by atoms with E-state index in [2.05, 4.69) is 10.2 Å². The lowest BCUT2D eigenvalue weighted by molar-refractivity contribution is -0.149. The van der Waals surface area contributed by atoms with E-state index in [4.69, 9.17) is 9.47 Å². The van der Waals surface area contributed by atoms with Gasteiger partial charge >= 0.3 is 12.1 Å². The molecule has 21 heavy (non-hydrogen) atoms. The van der Waals surface area contributed by atoms with Crippen LogP contribution in [-0.2, 0) is 14.3 Å². The first-order chi connectivity index (χ1) is 9.81. The number of carbonyl (C=O) groups excluding carboxylic acids is 2. The third kappa shape index (κ3) is 7.32. The van der Waals surface area contributed by atoms with Crippen molar-refractivity contribution in [3.8, 4) is 0 Å². The van der Waals surface area contributed by atoms with Crippen LogP contribution in [0.15, 0.2) is 0 Å². The van der Waals surface area contributed by atoms with E-state index in [9.17, 15) is 9.59 Å². The summed E-state index contributed by atoms with van der Waals surface area (Å²) in [5, 5.41) is 2.75. The number of hydrogen-bond acceptors (Lipinski definition) is 5. The highest BCUT2D eigenvalue weighted by Crippen LogP contribution is 2.18. The molecule has 0 saturated carbocycles. The maximum Gasteiger partial charge on any atom is 0.407 e. The number of rotatable bonds is 5. The number of alkyl carbamates (subject to hydrolysis) is 1. The highest BCUT2D eigenvalue weighted by Gasteiger charge is 2.25. The molecule has 6 nitrogen and oxygen atoms in total. The number of ether oxygens (including phenoxy) is 2. The zero-order valence-electron chi connectivity index (χ0n) is 13.6. The fourth-order valence-electron chi connectivity index (χ4n) is 2.28. The smallest absolute Gasteiger partial charge is 0.407 e. The molecular formula is C15H28N2O4. The Balaban J connectivity index is 2.16. The Morgan fingerprint density at radius 2 is 1.86 bits per heavy atom. The maximum absolute atomic E-state index is 11.6. The van der Waals surface area contributed by atoms with Gasteiger partial charge < -0.3 is 19.7 Å². The van der Waals surface area contributed by atoms with Gasteiger partial charge in [-0.25, -0.2) is 4.79 Å². The van der Waals surface area contributed by atoms with Crippen molar-refractivity contribution in [3.05, 3.63) is 0 Å². The number of carbonyl (C=O) groups is 2. The van der Waals surface area contributed by atoms with Crippen LogP contribution in [0.5, 0.6) is 0 Å². The molecule has 1 fully saturated rings. The lowest BCUT2D eigenvalue weighted by Gasteiger charge is -2.30. The lowest BCUT2D eigenvalue weighted by atomic mass is 9.97. The van der Waals surface area contributed by atoms with E-state index in [1.54, 1.807) is 0 Å². The first kappa shape index (κ1) is 17.8. The second-order valence-electron chi connectivity index (χ2n) is 6.30. The molecule has 1 heterocycles. The van der Waals surface area contributed by atoms with Crippen molar-refractivity contribution in [2.75, 3.05) is 32.8 Å². The molecule has 1 N–H and O–H groups in total. The summed E-state index contributed by atoms with van der Waals surface area (Å²) in [7, 11) is 0. The second kappa shape index (κ2) is 8.22. The van der Waals surface area contributed by atoms with E-state index in [0.717, 1.165) is 32.5 Å². The fourth-order valence-corrected chi connectivity index (χ4v) is 2.28. The molecule has 0 unspecified atom stereocenters. The molecule has 1 saturated heterocycles. The summed E-state index contributed by atoms with van der Waals surface area (Å²) in [6.07, 6.45) is 1.26. The van der Waals surface area contributed by atoms with Gasteiger partial charge in [0.1, 0.15) is 5.60 Å². The van der Waals surface area contributed by atoms with Gasteiger partial charge in [-0.3, -0.25) is 4.79 Å². The van der Waals surface area contributed by atoms with Crippen LogP contribution in [0.1, 0.15) is 40.5 Å². The molecule has 6 heteroatoms. The standard InChI is InChI=1S/C15H28N2O4/c1-5-20-13(18)12-6-9-17(10-7-12)11-8-16-14(19)21-15(2,3)4/h12H,5-11H2,1-4H3,(H,16,19). The lowest BCUT2D eigenvalue weighted by Crippen LogP contribution is -2.42. The number of piperidine rings is 1. The molecule has 1 rings (SSSR count). The molecule has 0 aromatic heterocycles. The first-order valence-electron chi connectivity index (χ1n) is 7.67. The summed E-state index contributed by atoms with van der Waals surface area (Å²) in [5.74, 6) is -0.0518. The van der Waals surface area contributed by atoms with E-state index < -0.39 is 5.60 Å². The molecule has 122 valence electrons. The topological polar surface area (TPSA) is 67.9 Å². The molecule has 0 aromatic rings. The van der Waals surface area contributed by atoms with Crippen molar-refractivity contribution in [2.45, 2.75) is 46.1 Å². The van der Waals surface area contributed by atoms with Crippen molar-refractivity contribution in [3.63, 3.8) is 0 Å². The van der Waals surface area contributed by atoms with Crippen molar-refractivity contribution < 1.29 is 19.1 Å². The molecule has 0 atom stereocenters. The van der Waals surface area contributed by atoms with Gasteiger partial charge in [-0.15, -0.1) is 0 Å². The molecule has 1 aliphatic rings. The largest absolute Gasteiger partial charge is 0.466 e. The van der Waals surface area contributed by atoms with E-state index in [-0.39, 0.29) is 18.0 Å². The Morgan fingerprint density at radius 1 is 1.24 bits per heavy atom. The minimum Gasteiger partial charge on any atom is -0.466 e. The highest BCUT2D eigenvalue weighted by atomic mass is 16.6. The van der Waals surface area contributed by atoms with E-state index >= 15 is 0 Å². The number of likely N-dealkylation sites (tertiary alicyclic amines) is 1. The van der Waals surface area contributed by atoms with Gasteiger partial charge in [0.25, 0.3) is 0 Å². The molecule has 0 spiro atoms. The number of amides is 1. The average molecular weight is 300 g/mol. The summed E-state index contributed by atoms with van der Waals surface area (Å²) < 4.78 is 10.2. The zero-order valence-corrected chi connectivity index (χ0v) is 13.6. The summed E-state index contributed by atoms with van der Waals surface area (Å²) in [5.41, 5.74) is -0.470. The van der Waals surface area contributed by atoms with Crippen LogP contribution in [0.4, 0.5) is 4.79 Å². The monoisotopic (exact) mass is 300 g/mol. The minimum atomic E-state index is -0.470. The average Bonchev–Trinajstić information content (AvgIpc) is 2.37. The minimum absolute atomic E-state index is 0.0278. The fraction of sp³-hybridized carbons (Fsp3) is 0.867. The van der Waals surface area contributed by atoms with Crippen LogP contribution in [0.3, 0.4) is 0 Å². The van der Waals surface area contributed by atoms with Crippen LogP contribution in [0, 0.1) is 5.92 Å². The van der Waals surface area contributed by atoms with Crippen LogP contribution >= 0.6 is 0 Å². The maximum atomic E-state index is 11.6. The van der Waals surface area contributed by atoms with Crippen molar-refractivity contribution in [1.29, 1.82) is 0 Å². The summed E-state index contributed by atoms with van der Waals surface area (Å²) in [6.45, 7) is 10.8. The van der Waals surface area contributed by atoms with Gasteiger partial charge in [0.05, 0.1) is 12.5 Å². The van der Waals surface area contributed by atoms with Gasteiger partial charge in [0.15, 0.2) is 0 Å². The quantitative estimate of drug-likeness (QED) is 0.784. The SMILES string of the molecule is CCOC(=O)C1CCN(CCNC(=O)OC(C)(C)C)CC1. The van der Waals surface area contributed by atoms with Crippen LogP contribution in [0.2, 0.25) is 0 Å². The molecular weight excluding hydrogens is 272 g/mol. The van der Waals surface area contributed by atoms with E-state index in [0.29, 0.717) is 13.2 Å². The van der Waals surface area contributed by atoms with Crippen molar-refractivity contribution in [2.24, 2.45) is 5.92 Å². The summed E-state index contributed by atoms with van der Waals surface area (Å²) in [4.78, 5) is 25.4. The number of esters is 1. The van der Waals surface area contributed by atoms with Gasteiger partial charge in [-0.05, 0) is 53.6 Å². The van der Waals surface area contributed by atoms with Crippen molar-refractivity contribution in [1.82, 2.24) is 10.2 Å². The van der Waals surface area contributed by atoms with E-state index in [1.807, 2.05) is 27.7 Å². The predicted molar refractivity (Wildman–Crippen MR) is 80.0 cm³/mol. The van der Waals surface area contributed by atoms with Crippen LogP contribution < -0.4 is 5.32 Å². The van der Waals surface area contributed by atoms with Crippen LogP contribution in [-0.4, -0.2) is 55.3 Å². The molecule has 1 amide bonds. The number of nitrogens with zero attached hydrogens (tertiary/aromatic N) is 1. The molecule has 0 radical (unpaired) electrons. The molecule has 1 aliphatic heterocycles. The summed E-state index contributed by atoms with van der Waals surface area (Å²) >= 11 is 0. The normalized spacial score (nSPS) is 17.3. The third-order valence-corrected chi connectivity index (χ3v) is 3.30. The van der Waals surface area contributed by atoms with Gasteiger partial charge in [-0.1, -0.05) is 0 Å². The number of nitrogens with one attached hydrogen (secondary N) is 1. The Labute approximate surface area is 127 Å². The van der Waals surface area contributed by atoms with Gasteiger partial charge in [0.2, 0.25) is 0 Å². The highest BCUT2D eigenvalue weighted by molar-refractivity contribution is 5.72. The third-order valence-electron chi connectivity index (χ3n) is 3.30. The Morgan fingerprint density at radius 3 is 2.38 bits per heavy atom. The molecule has 0 aliphatic carbocycles. The number of hydrogen-bond donors (Lipinski definition) is 1. The molecule has 0 bridgehead atoms. The zero-order chi connectivity index (χ0) is 15.9.